The zero-order valence-electron chi connectivity index (χ0n) is 12.4. The van der Waals surface area contributed by atoms with Gasteiger partial charge in [-0.05, 0) is 36.2 Å². The summed E-state index contributed by atoms with van der Waals surface area (Å²) in [6.45, 7) is 1.18. The molecule has 23 heavy (non-hydrogen) atoms. The lowest BCUT2D eigenvalue weighted by Crippen LogP contribution is -2.31. The third-order valence-corrected chi connectivity index (χ3v) is 4.12. The van der Waals surface area contributed by atoms with Gasteiger partial charge in [-0.15, -0.1) is 0 Å². The van der Waals surface area contributed by atoms with Crippen molar-refractivity contribution in [1.29, 1.82) is 0 Å². The monoisotopic (exact) mass is 308 g/mol. The largest absolute Gasteiger partial charge is 0.362 e. The topological polar surface area (TPSA) is 81.0 Å². The lowest BCUT2D eigenvalue weighted by Gasteiger charge is -2.18. The van der Waals surface area contributed by atoms with Gasteiger partial charge in [0.15, 0.2) is 0 Å². The van der Waals surface area contributed by atoms with Crippen LogP contribution < -0.4 is 15.9 Å². The molecule has 0 fully saturated rings. The van der Waals surface area contributed by atoms with Crippen molar-refractivity contribution in [2.45, 2.75) is 6.42 Å². The SMILES string of the molecule is O=C(CN1CCc2ccccc21)Nc1ccc2[nH]c(=O)[nH]c2c1. The summed E-state index contributed by atoms with van der Waals surface area (Å²) in [4.78, 5) is 31.0. The lowest BCUT2D eigenvalue weighted by molar-refractivity contribution is -0.115. The highest BCUT2D eigenvalue weighted by Gasteiger charge is 2.20. The van der Waals surface area contributed by atoms with E-state index in [1.165, 1.54) is 5.56 Å². The Morgan fingerprint density at radius 1 is 1.13 bits per heavy atom. The molecule has 0 bridgehead atoms. The average molecular weight is 308 g/mol. The standard InChI is InChI=1S/C17H16N4O2/c22-16(10-21-8-7-11-3-1-2-4-15(11)21)18-12-5-6-13-14(9-12)20-17(23)19-13/h1-6,9H,7-8,10H2,(H,18,22)(H2,19,20,23). The summed E-state index contributed by atoms with van der Waals surface area (Å²) in [6, 6.07) is 13.5. The Bertz CT molecular complexity index is 941. The summed E-state index contributed by atoms with van der Waals surface area (Å²) in [5, 5.41) is 2.88. The molecular formula is C17H16N4O2. The first-order valence-electron chi connectivity index (χ1n) is 7.54. The number of rotatable bonds is 3. The van der Waals surface area contributed by atoms with Crippen molar-refractivity contribution in [1.82, 2.24) is 9.97 Å². The van der Waals surface area contributed by atoms with E-state index in [-0.39, 0.29) is 11.6 Å². The molecule has 116 valence electrons. The molecule has 3 aromatic rings. The first-order chi connectivity index (χ1) is 11.2. The number of aromatic amines is 2. The van der Waals surface area contributed by atoms with Gasteiger partial charge in [0.05, 0.1) is 17.6 Å². The van der Waals surface area contributed by atoms with E-state index < -0.39 is 0 Å². The van der Waals surface area contributed by atoms with Crippen LogP contribution in [0, 0.1) is 0 Å². The number of carbonyl (C=O) groups is 1. The van der Waals surface area contributed by atoms with Gasteiger partial charge < -0.3 is 20.2 Å². The maximum absolute atomic E-state index is 12.3. The Labute approximate surface area is 132 Å². The number of nitrogens with zero attached hydrogens (tertiary/aromatic N) is 1. The molecule has 0 unspecified atom stereocenters. The van der Waals surface area contributed by atoms with Gasteiger partial charge in [-0.25, -0.2) is 4.79 Å². The van der Waals surface area contributed by atoms with Crippen LogP contribution in [0.15, 0.2) is 47.3 Å². The summed E-state index contributed by atoms with van der Waals surface area (Å²) >= 11 is 0. The van der Waals surface area contributed by atoms with Crippen molar-refractivity contribution < 1.29 is 4.79 Å². The van der Waals surface area contributed by atoms with Gasteiger partial charge in [0.2, 0.25) is 5.91 Å². The molecular weight excluding hydrogens is 292 g/mol. The summed E-state index contributed by atoms with van der Waals surface area (Å²) in [6.07, 6.45) is 0.972. The van der Waals surface area contributed by atoms with Gasteiger partial charge in [-0.2, -0.15) is 0 Å². The summed E-state index contributed by atoms with van der Waals surface area (Å²) in [5.41, 5.74) is 4.24. The Hall–Kier alpha value is -3.02. The van der Waals surface area contributed by atoms with E-state index in [9.17, 15) is 9.59 Å². The third-order valence-electron chi connectivity index (χ3n) is 4.12. The summed E-state index contributed by atoms with van der Waals surface area (Å²) in [5.74, 6) is -0.0704. The molecule has 0 atom stereocenters. The highest BCUT2D eigenvalue weighted by Crippen LogP contribution is 2.27. The molecule has 4 rings (SSSR count). The van der Waals surface area contributed by atoms with Crippen LogP contribution in [0.5, 0.6) is 0 Å². The molecule has 0 saturated heterocycles. The van der Waals surface area contributed by atoms with E-state index >= 15 is 0 Å². The number of para-hydroxylation sites is 1. The molecule has 2 heterocycles. The molecule has 0 saturated carbocycles. The number of amides is 1. The van der Waals surface area contributed by atoms with Crippen molar-refractivity contribution in [3.05, 3.63) is 58.5 Å². The van der Waals surface area contributed by atoms with Crippen molar-refractivity contribution in [3.63, 3.8) is 0 Å². The number of anilines is 2. The number of aromatic nitrogens is 2. The molecule has 6 heteroatoms. The first-order valence-corrected chi connectivity index (χ1v) is 7.54. The maximum atomic E-state index is 12.3. The minimum Gasteiger partial charge on any atom is -0.362 e. The van der Waals surface area contributed by atoms with Crippen LogP contribution in [-0.4, -0.2) is 29.0 Å². The molecule has 0 aliphatic carbocycles. The fourth-order valence-corrected chi connectivity index (χ4v) is 3.05. The van der Waals surface area contributed by atoms with Crippen molar-refractivity contribution >= 4 is 28.3 Å². The van der Waals surface area contributed by atoms with E-state index in [2.05, 4.69) is 26.3 Å². The normalized spacial score (nSPS) is 13.3. The number of hydrogen-bond acceptors (Lipinski definition) is 3. The molecule has 3 N–H and O–H groups in total. The number of nitrogens with one attached hydrogen (secondary N) is 3. The van der Waals surface area contributed by atoms with E-state index in [0.717, 1.165) is 24.2 Å². The second-order valence-electron chi connectivity index (χ2n) is 5.69. The van der Waals surface area contributed by atoms with Crippen LogP contribution in [0.3, 0.4) is 0 Å². The van der Waals surface area contributed by atoms with Gasteiger partial charge in [-0.1, -0.05) is 18.2 Å². The number of fused-ring (bicyclic) bond motifs is 2. The van der Waals surface area contributed by atoms with Crippen LogP contribution in [0.1, 0.15) is 5.56 Å². The Kier molecular flexibility index (Phi) is 3.15. The predicted octanol–water partition coefficient (Wildman–Crippen LogP) is 1.86. The lowest BCUT2D eigenvalue weighted by atomic mass is 10.2. The number of benzene rings is 2. The van der Waals surface area contributed by atoms with E-state index in [4.69, 9.17) is 0 Å². The zero-order chi connectivity index (χ0) is 15.8. The predicted molar refractivity (Wildman–Crippen MR) is 89.9 cm³/mol. The van der Waals surface area contributed by atoms with Crippen molar-refractivity contribution in [2.75, 3.05) is 23.3 Å². The minimum absolute atomic E-state index is 0.0704. The van der Waals surface area contributed by atoms with Crippen molar-refractivity contribution in [2.24, 2.45) is 0 Å². The number of carbonyl (C=O) groups excluding carboxylic acids is 1. The van der Waals surface area contributed by atoms with E-state index in [0.29, 0.717) is 17.7 Å². The quantitative estimate of drug-likeness (QED) is 0.691. The van der Waals surface area contributed by atoms with Crippen LogP contribution >= 0.6 is 0 Å². The highest BCUT2D eigenvalue weighted by atomic mass is 16.2. The van der Waals surface area contributed by atoms with Crippen LogP contribution in [-0.2, 0) is 11.2 Å². The molecule has 1 aliphatic heterocycles. The van der Waals surface area contributed by atoms with Gasteiger partial charge in [0.25, 0.3) is 0 Å². The summed E-state index contributed by atoms with van der Waals surface area (Å²) < 4.78 is 0. The Morgan fingerprint density at radius 3 is 2.87 bits per heavy atom. The fourth-order valence-electron chi connectivity index (χ4n) is 3.05. The summed E-state index contributed by atoms with van der Waals surface area (Å²) in [7, 11) is 0. The average Bonchev–Trinajstić information content (AvgIpc) is 3.10. The van der Waals surface area contributed by atoms with Crippen LogP contribution in [0.25, 0.3) is 11.0 Å². The van der Waals surface area contributed by atoms with Gasteiger partial charge in [0, 0.05) is 17.9 Å². The molecule has 1 amide bonds. The molecule has 1 aliphatic rings. The van der Waals surface area contributed by atoms with E-state index in [1.807, 2.05) is 18.2 Å². The minimum atomic E-state index is -0.253. The zero-order valence-corrected chi connectivity index (χ0v) is 12.4. The second-order valence-corrected chi connectivity index (χ2v) is 5.69. The Morgan fingerprint density at radius 2 is 1.96 bits per heavy atom. The molecule has 0 spiro atoms. The number of H-pyrrole nitrogens is 2. The van der Waals surface area contributed by atoms with Gasteiger partial charge >= 0.3 is 5.69 Å². The number of hydrogen-bond donors (Lipinski definition) is 3. The number of imidazole rings is 1. The fraction of sp³-hybridized carbons (Fsp3) is 0.176. The second kappa shape index (κ2) is 5.31. The third kappa shape index (κ3) is 2.59. The molecule has 6 nitrogen and oxygen atoms in total. The van der Waals surface area contributed by atoms with Crippen LogP contribution in [0.2, 0.25) is 0 Å². The van der Waals surface area contributed by atoms with Gasteiger partial charge in [-0.3, -0.25) is 4.79 Å². The highest BCUT2D eigenvalue weighted by molar-refractivity contribution is 5.96. The molecule has 2 aromatic carbocycles. The van der Waals surface area contributed by atoms with Crippen LogP contribution in [0.4, 0.5) is 11.4 Å². The van der Waals surface area contributed by atoms with Gasteiger partial charge in [0.1, 0.15) is 0 Å². The molecule has 0 radical (unpaired) electrons. The Balaban J connectivity index is 1.48. The van der Waals surface area contributed by atoms with E-state index in [1.54, 1.807) is 18.2 Å². The smallest absolute Gasteiger partial charge is 0.323 e. The first kappa shape index (κ1) is 13.6. The maximum Gasteiger partial charge on any atom is 0.323 e. The molecule has 1 aromatic heterocycles. The van der Waals surface area contributed by atoms with Crippen molar-refractivity contribution in [3.8, 4) is 0 Å².